The molecule has 0 fully saturated rings. The SMILES string of the molecule is CCNC(=NCc1ccc(OCCN(CC)CC)cc1)NCCc1ccc(Cl)nc1.I. The van der Waals surface area contributed by atoms with Crippen molar-refractivity contribution >= 4 is 41.5 Å². The largest absolute Gasteiger partial charge is 0.492 e. The number of nitrogens with zero attached hydrogens (tertiary/aromatic N) is 3. The van der Waals surface area contributed by atoms with Gasteiger partial charge in [0, 0.05) is 25.8 Å². The second kappa shape index (κ2) is 16.1. The number of hydrogen-bond donors (Lipinski definition) is 2. The summed E-state index contributed by atoms with van der Waals surface area (Å²) >= 11 is 5.83. The summed E-state index contributed by atoms with van der Waals surface area (Å²) in [5, 5.41) is 7.16. The second-order valence-electron chi connectivity index (χ2n) is 6.88. The molecule has 172 valence electrons. The molecule has 1 heterocycles. The van der Waals surface area contributed by atoms with Crippen molar-refractivity contribution in [2.75, 3.05) is 39.3 Å². The third-order valence-corrected chi connectivity index (χ3v) is 4.98. The fraction of sp³-hybridized carbons (Fsp3) is 0.478. The van der Waals surface area contributed by atoms with E-state index in [2.05, 4.69) is 58.4 Å². The molecule has 0 amide bonds. The van der Waals surface area contributed by atoms with E-state index in [1.165, 1.54) is 0 Å². The lowest BCUT2D eigenvalue weighted by Crippen LogP contribution is -2.38. The lowest BCUT2D eigenvalue weighted by atomic mass is 10.2. The first-order valence-electron chi connectivity index (χ1n) is 10.7. The van der Waals surface area contributed by atoms with E-state index in [0.29, 0.717) is 18.3 Å². The number of guanidine groups is 1. The minimum absolute atomic E-state index is 0. The highest BCUT2D eigenvalue weighted by Gasteiger charge is 2.02. The van der Waals surface area contributed by atoms with Crippen LogP contribution in [0.3, 0.4) is 0 Å². The van der Waals surface area contributed by atoms with Gasteiger partial charge in [-0.3, -0.25) is 0 Å². The molecule has 0 bridgehead atoms. The van der Waals surface area contributed by atoms with Crippen LogP contribution in [0, 0.1) is 0 Å². The first-order valence-corrected chi connectivity index (χ1v) is 11.1. The molecule has 0 aliphatic heterocycles. The predicted molar refractivity (Wildman–Crippen MR) is 141 cm³/mol. The molecule has 2 N–H and O–H groups in total. The Morgan fingerprint density at radius 2 is 1.74 bits per heavy atom. The van der Waals surface area contributed by atoms with Crippen molar-refractivity contribution in [1.82, 2.24) is 20.5 Å². The van der Waals surface area contributed by atoms with Gasteiger partial charge in [-0.2, -0.15) is 0 Å². The summed E-state index contributed by atoms with van der Waals surface area (Å²) < 4.78 is 5.85. The van der Waals surface area contributed by atoms with Crippen LogP contribution in [-0.2, 0) is 13.0 Å². The molecule has 0 spiro atoms. The fourth-order valence-corrected chi connectivity index (χ4v) is 3.03. The molecule has 0 aliphatic rings. The van der Waals surface area contributed by atoms with Crippen LogP contribution in [0.15, 0.2) is 47.6 Å². The highest BCUT2D eigenvalue weighted by atomic mass is 127. The van der Waals surface area contributed by atoms with Crippen LogP contribution in [0.2, 0.25) is 5.15 Å². The van der Waals surface area contributed by atoms with Crippen LogP contribution < -0.4 is 15.4 Å². The Bertz CT molecular complexity index is 752. The number of hydrogen-bond acceptors (Lipinski definition) is 4. The zero-order chi connectivity index (χ0) is 21.6. The number of likely N-dealkylation sites (N-methyl/N-ethyl adjacent to an activating group) is 1. The number of rotatable bonds is 12. The lowest BCUT2D eigenvalue weighted by Gasteiger charge is -2.18. The van der Waals surface area contributed by atoms with Gasteiger partial charge >= 0.3 is 0 Å². The van der Waals surface area contributed by atoms with Crippen LogP contribution in [0.5, 0.6) is 5.75 Å². The highest BCUT2D eigenvalue weighted by molar-refractivity contribution is 14.0. The molecule has 0 unspecified atom stereocenters. The van der Waals surface area contributed by atoms with Crippen molar-refractivity contribution in [3.8, 4) is 5.75 Å². The van der Waals surface area contributed by atoms with E-state index in [1.807, 2.05) is 24.3 Å². The molecule has 0 atom stereocenters. The third-order valence-electron chi connectivity index (χ3n) is 4.75. The van der Waals surface area contributed by atoms with Gasteiger partial charge in [-0.05, 0) is 55.8 Å². The number of halogens is 2. The van der Waals surface area contributed by atoms with Crippen molar-refractivity contribution in [3.63, 3.8) is 0 Å². The van der Waals surface area contributed by atoms with Gasteiger partial charge < -0.3 is 20.3 Å². The van der Waals surface area contributed by atoms with Crippen molar-refractivity contribution in [2.24, 2.45) is 4.99 Å². The first kappa shape index (κ1) is 27.5. The zero-order valence-corrected chi connectivity index (χ0v) is 21.8. The number of ether oxygens (including phenoxy) is 1. The highest BCUT2D eigenvalue weighted by Crippen LogP contribution is 2.13. The minimum Gasteiger partial charge on any atom is -0.492 e. The van der Waals surface area contributed by atoms with E-state index < -0.39 is 0 Å². The Hall–Kier alpha value is -1.58. The summed E-state index contributed by atoms with van der Waals surface area (Å²) in [6.07, 6.45) is 2.66. The fourth-order valence-electron chi connectivity index (χ4n) is 2.92. The van der Waals surface area contributed by atoms with Crippen molar-refractivity contribution in [2.45, 2.75) is 33.7 Å². The number of pyridine rings is 1. The minimum atomic E-state index is 0. The third kappa shape index (κ3) is 11.0. The average Bonchev–Trinajstić information content (AvgIpc) is 2.77. The summed E-state index contributed by atoms with van der Waals surface area (Å²) in [7, 11) is 0. The maximum absolute atomic E-state index is 5.85. The number of nitrogens with one attached hydrogen (secondary N) is 2. The van der Waals surface area contributed by atoms with Crippen LogP contribution in [0.25, 0.3) is 0 Å². The molecular formula is C23H35ClIN5O. The van der Waals surface area contributed by atoms with E-state index in [4.69, 9.17) is 16.3 Å². The topological polar surface area (TPSA) is 61.8 Å². The normalized spacial score (nSPS) is 11.2. The van der Waals surface area contributed by atoms with Gasteiger partial charge in [0.25, 0.3) is 0 Å². The predicted octanol–water partition coefficient (Wildman–Crippen LogP) is 4.37. The quantitative estimate of drug-likeness (QED) is 0.175. The van der Waals surface area contributed by atoms with Crippen molar-refractivity contribution < 1.29 is 4.74 Å². The zero-order valence-electron chi connectivity index (χ0n) is 18.7. The summed E-state index contributed by atoms with van der Waals surface area (Å²) in [6, 6.07) is 12.0. The number of benzene rings is 1. The molecule has 0 aliphatic carbocycles. The number of aromatic nitrogens is 1. The molecule has 0 saturated carbocycles. The van der Waals surface area contributed by atoms with Gasteiger partial charge in [0.1, 0.15) is 17.5 Å². The van der Waals surface area contributed by atoms with Crippen LogP contribution >= 0.6 is 35.6 Å². The molecular weight excluding hydrogens is 525 g/mol. The molecule has 31 heavy (non-hydrogen) atoms. The van der Waals surface area contributed by atoms with Gasteiger partial charge in [-0.15, -0.1) is 24.0 Å². The Morgan fingerprint density at radius 3 is 2.35 bits per heavy atom. The molecule has 1 aromatic heterocycles. The summed E-state index contributed by atoms with van der Waals surface area (Å²) in [4.78, 5) is 11.1. The molecule has 0 radical (unpaired) electrons. The van der Waals surface area contributed by atoms with Gasteiger partial charge in [-0.1, -0.05) is 43.6 Å². The lowest BCUT2D eigenvalue weighted by molar-refractivity contribution is 0.223. The van der Waals surface area contributed by atoms with Crippen molar-refractivity contribution in [3.05, 3.63) is 58.9 Å². The Labute approximate surface area is 208 Å². The first-order chi connectivity index (χ1) is 14.6. The molecule has 1 aromatic carbocycles. The molecule has 6 nitrogen and oxygen atoms in total. The molecule has 2 aromatic rings. The Morgan fingerprint density at radius 1 is 1.03 bits per heavy atom. The maximum atomic E-state index is 5.85. The van der Waals surface area contributed by atoms with Crippen LogP contribution in [0.1, 0.15) is 31.9 Å². The maximum Gasteiger partial charge on any atom is 0.191 e. The smallest absolute Gasteiger partial charge is 0.191 e. The van der Waals surface area contributed by atoms with Crippen LogP contribution in [-0.4, -0.2) is 55.2 Å². The van der Waals surface area contributed by atoms with E-state index in [0.717, 1.165) is 62.0 Å². The van der Waals surface area contributed by atoms with Gasteiger partial charge in [0.15, 0.2) is 5.96 Å². The van der Waals surface area contributed by atoms with E-state index in [9.17, 15) is 0 Å². The summed E-state index contributed by atoms with van der Waals surface area (Å²) in [6.45, 7) is 12.4. The molecule has 8 heteroatoms. The monoisotopic (exact) mass is 559 g/mol. The average molecular weight is 560 g/mol. The van der Waals surface area contributed by atoms with E-state index >= 15 is 0 Å². The molecule has 0 saturated heterocycles. The van der Waals surface area contributed by atoms with Crippen molar-refractivity contribution in [1.29, 1.82) is 0 Å². The van der Waals surface area contributed by atoms with E-state index in [1.54, 1.807) is 6.20 Å². The summed E-state index contributed by atoms with van der Waals surface area (Å²) in [5.74, 6) is 1.70. The Kier molecular flexibility index (Phi) is 14.3. The summed E-state index contributed by atoms with van der Waals surface area (Å²) in [5.41, 5.74) is 2.28. The molecule has 2 rings (SSSR count). The number of aliphatic imine (C=N–C) groups is 1. The van der Waals surface area contributed by atoms with Crippen LogP contribution in [0.4, 0.5) is 0 Å². The Balaban J connectivity index is 0.00000480. The standard InChI is InChI=1S/C23H34ClN5O.HI/c1-4-25-23(26-14-13-20-9-12-22(24)27-17-20)28-18-19-7-10-21(11-8-19)30-16-15-29(5-2)6-3;/h7-12,17H,4-6,13-16,18H2,1-3H3,(H2,25,26,28);1H. The van der Waals surface area contributed by atoms with Gasteiger partial charge in [-0.25, -0.2) is 9.98 Å². The van der Waals surface area contributed by atoms with Gasteiger partial charge in [0.2, 0.25) is 0 Å². The van der Waals surface area contributed by atoms with E-state index in [-0.39, 0.29) is 24.0 Å². The second-order valence-corrected chi connectivity index (χ2v) is 7.27. The van der Waals surface area contributed by atoms with Gasteiger partial charge in [0.05, 0.1) is 6.54 Å².